The Morgan fingerprint density at radius 2 is 1.17 bits per heavy atom. The van der Waals surface area contributed by atoms with E-state index in [1.165, 1.54) is 45.0 Å². The first-order valence-electron chi connectivity index (χ1n) is 18.3. The molecule has 0 N–H and O–H groups in total. The summed E-state index contributed by atoms with van der Waals surface area (Å²) in [5.41, 5.74) is 12.3. The minimum Gasteiger partial charge on any atom is -0.457 e. The SMILES string of the molecule is Cc1cc2c(cc1C)[N@+]1(c3cc(Oc4cccc(N(c5ccccc5)c5cc(C(C)(C)C)ccn5)c4)cc(C(C)(C)C)c3)[CH-][N@@+]2(c2ccccc2)C1. The summed E-state index contributed by atoms with van der Waals surface area (Å²) in [5, 5.41) is 0. The van der Waals surface area contributed by atoms with E-state index >= 15 is 0 Å². The number of aryl methyl sites for hydroxylation is 2. The van der Waals surface area contributed by atoms with E-state index in [-0.39, 0.29) is 10.8 Å². The van der Waals surface area contributed by atoms with Crippen molar-refractivity contribution in [2.24, 2.45) is 0 Å². The van der Waals surface area contributed by atoms with E-state index in [2.05, 4.69) is 182 Å². The Labute approximate surface area is 309 Å². The van der Waals surface area contributed by atoms with E-state index in [9.17, 15) is 0 Å². The molecular weight excluding hydrogens is 637 g/mol. The number of anilines is 3. The highest BCUT2D eigenvalue weighted by Crippen LogP contribution is 2.65. The lowest BCUT2D eigenvalue weighted by Crippen LogP contribution is -2.67. The predicted molar refractivity (Wildman–Crippen MR) is 217 cm³/mol. The molecule has 9 rings (SSSR count). The van der Waals surface area contributed by atoms with Gasteiger partial charge in [-0.15, -0.1) is 0 Å². The Morgan fingerprint density at radius 3 is 1.81 bits per heavy atom. The van der Waals surface area contributed by atoms with E-state index in [4.69, 9.17) is 9.72 Å². The number of nitrogens with zero attached hydrogens (tertiary/aromatic N) is 4. The average Bonchev–Trinajstić information content (AvgIpc) is 3.53. The van der Waals surface area contributed by atoms with E-state index in [1.54, 1.807) is 0 Å². The number of ether oxygens (including phenoxy) is 1. The Kier molecular flexibility index (Phi) is 7.94. The van der Waals surface area contributed by atoms with Crippen LogP contribution in [0.2, 0.25) is 0 Å². The van der Waals surface area contributed by atoms with Gasteiger partial charge in [0.15, 0.2) is 18.0 Å². The molecule has 1 fully saturated rings. The Hall–Kier alpha value is -5.23. The zero-order valence-electron chi connectivity index (χ0n) is 31.7. The summed E-state index contributed by atoms with van der Waals surface area (Å²) in [4.78, 5) is 7.07. The summed E-state index contributed by atoms with van der Waals surface area (Å²) >= 11 is 0. The van der Waals surface area contributed by atoms with Crippen molar-refractivity contribution in [1.82, 2.24) is 14.0 Å². The lowest BCUT2D eigenvalue weighted by molar-refractivity contribution is 0.186. The van der Waals surface area contributed by atoms with Gasteiger partial charge in [0.05, 0.1) is 12.4 Å². The van der Waals surface area contributed by atoms with Crippen molar-refractivity contribution in [2.45, 2.75) is 66.2 Å². The molecule has 5 nitrogen and oxygen atoms in total. The molecule has 3 aliphatic rings. The zero-order valence-corrected chi connectivity index (χ0v) is 31.7. The van der Waals surface area contributed by atoms with Crippen molar-refractivity contribution in [3.63, 3.8) is 0 Å². The first-order valence-corrected chi connectivity index (χ1v) is 18.3. The van der Waals surface area contributed by atoms with Crippen LogP contribution in [0.4, 0.5) is 39.9 Å². The molecule has 52 heavy (non-hydrogen) atoms. The van der Waals surface area contributed by atoms with Crippen LogP contribution in [0.15, 0.2) is 134 Å². The summed E-state index contributed by atoms with van der Waals surface area (Å²) in [6.07, 6.45) is 1.91. The number of pyridine rings is 1. The second-order valence-electron chi connectivity index (χ2n) is 16.6. The highest BCUT2D eigenvalue weighted by Gasteiger charge is 2.63. The third kappa shape index (κ3) is 5.69. The van der Waals surface area contributed by atoms with Crippen molar-refractivity contribution < 1.29 is 4.74 Å². The van der Waals surface area contributed by atoms with Gasteiger partial charge in [-0.25, -0.2) is 4.98 Å². The minimum absolute atomic E-state index is 0.00629. The maximum atomic E-state index is 6.88. The van der Waals surface area contributed by atoms with Crippen LogP contribution < -0.4 is 18.6 Å². The molecule has 5 heteroatoms. The number of hydrogen-bond acceptors (Lipinski definition) is 3. The van der Waals surface area contributed by atoms with Crippen molar-refractivity contribution in [1.29, 1.82) is 0 Å². The normalized spacial score (nSPS) is 19.2. The zero-order chi connectivity index (χ0) is 36.5. The van der Waals surface area contributed by atoms with E-state index in [0.29, 0.717) is 4.48 Å². The predicted octanol–water partition coefficient (Wildman–Crippen LogP) is 12.9. The lowest BCUT2D eigenvalue weighted by atomic mass is 9.86. The Balaban J connectivity index is 1.21. The van der Waals surface area contributed by atoms with E-state index in [0.717, 1.165) is 39.8 Å². The van der Waals surface area contributed by atoms with Crippen molar-refractivity contribution >= 4 is 39.9 Å². The number of aromatic nitrogens is 1. The van der Waals surface area contributed by atoms with Crippen LogP contribution in [0.3, 0.4) is 0 Å². The summed E-state index contributed by atoms with van der Waals surface area (Å²) < 4.78 is 8.31. The molecule has 3 aliphatic heterocycles. The standard InChI is InChI=1S/C47H49N4O/c1-33-24-43-44(25-34(33)2)51(31-50(43,32-51)39-19-13-10-14-20-39)40-26-36(47(6,7)8)27-42(30-40)52-41-21-15-18-38(29-41)49(37-16-11-9-12-17-37)45-28-35(22-23-48-45)46(3,4)5/h9-31H,32H2,1-8H3/q+1/t50-,51+/m0/s1. The first kappa shape index (κ1) is 33.9. The van der Waals surface area contributed by atoms with Gasteiger partial charge in [-0.1, -0.05) is 84.0 Å². The van der Waals surface area contributed by atoms with Crippen LogP contribution in [0, 0.1) is 20.5 Å². The second-order valence-corrected chi connectivity index (χ2v) is 16.6. The van der Waals surface area contributed by atoms with E-state index < -0.39 is 0 Å². The molecule has 0 radical (unpaired) electrons. The molecule has 4 heterocycles. The second kappa shape index (κ2) is 12.2. The van der Waals surface area contributed by atoms with Gasteiger partial charge in [0.2, 0.25) is 0 Å². The fourth-order valence-electron chi connectivity index (χ4n) is 7.76. The quantitative estimate of drug-likeness (QED) is 0.124. The largest absolute Gasteiger partial charge is 0.457 e. The molecule has 0 unspecified atom stereocenters. The lowest BCUT2D eigenvalue weighted by Gasteiger charge is -2.56. The van der Waals surface area contributed by atoms with Gasteiger partial charge in [0, 0.05) is 42.2 Å². The van der Waals surface area contributed by atoms with Gasteiger partial charge < -0.3 is 4.74 Å². The number of quaternary nitrogens is 2. The highest BCUT2D eigenvalue weighted by molar-refractivity contribution is 5.90. The van der Waals surface area contributed by atoms with Gasteiger partial charge in [-0.3, -0.25) is 13.9 Å². The molecule has 0 aliphatic carbocycles. The molecule has 1 saturated heterocycles. The Bertz CT molecular complexity index is 2280. The van der Waals surface area contributed by atoms with Crippen LogP contribution in [0.5, 0.6) is 11.5 Å². The smallest absolute Gasteiger partial charge is 0.186 e. The fourth-order valence-corrected chi connectivity index (χ4v) is 7.76. The van der Waals surface area contributed by atoms with Crippen LogP contribution in [-0.2, 0) is 10.8 Å². The van der Waals surface area contributed by atoms with Gasteiger partial charge >= 0.3 is 0 Å². The molecular formula is C47H49N4O+. The third-order valence-corrected chi connectivity index (χ3v) is 10.9. The van der Waals surface area contributed by atoms with Gasteiger partial charge in [0.1, 0.15) is 28.7 Å². The van der Waals surface area contributed by atoms with Gasteiger partial charge in [0.25, 0.3) is 0 Å². The molecule has 6 aromatic rings. The molecule has 262 valence electrons. The van der Waals surface area contributed by atoms with Crippen LogP contribution in [-0.4, -0.2) is 11.7 Å². The highest BCUT2D eigenvalue weighted by atomic mass is 16.5. The third-order valence-electron chi connectivity index (χ3n) is 10.9. The monoisotopic (exact) mass is 685 g/mol. The molecule has 0 amide bonds. The average molecular weight is 686 g/mol. The van der Waals surface area contributed by atoms with Gasteiger partial charge in [-0.05, 0) is 102 Å². The fraction of sp³-hybridized carbons (Fsp3) is 0.234. The van der Waals surface area contributed by atoms with Crippen molar-refractivity contribution in [3.05, 3.63) is 163 Å². The number of benzene rings is 5. The molecule has 5 aromatic carbocycles. The van der Waals surface area contributed by atoms with Crippen LogP contribution in [0.25, 0.3) is 0 Å². The van der Waals surface area contributed by atoms with Crippen molar-refractivity contribution in [2.75, 3.05) is 11.6 Å². The molecule has 2 atom stereocenters. The molecule has 2 bridgehead atoms. The topological polar surface area (TPSA) is 25.4 Å². The van der Waals surface area contributed by atoms with Gasteiger partial charge in [-0.2, -0.15) is 0 Å². The molecule has 1 aromatic heterocycles. The Morgan fingerprint density at radius 1 is 0.577 bits per heavy atom. The summed E-state index contributed by atoms with van der Waals surface area (Å²) in [5.74, 6) is 2.48. The van der Waals surface area contributed by atoms with Crippen LogP contribution >= 0.6 is 0 Å². The number of rotatable bonds is 7. The summed E-state index contributed by atoms with van der Waals surface area (Å²) in [7, 11) is 0. The molecule has 0 saturated carbocycles. The summed E-state index contributed by atoms with van der Waals surface area (Å²) in [6, 6.07) is 45.7. The van der Waals surface area contributed by atoms with E-state index in [1.807, 2.05) is 18.3 Å². The molecule has 0 spiro atoms. The maximum absolute atomic E-state index is 6.88. The van der Waals surface area contributed by atoms with Crippen LogP contribution in [0.1, 0.15) is 63.8 Å². The minimum atomic E-state index is -0.0792. The number of hydrogen-bond donors (Lipinski definition) is 0. The first-order chi connectivity index (χ1) is 24.8. The summed E-state index contributed by atoms with van der Waals surface area (Å²) in [6.45, 7) is 21.4. The van der Waals surface area contributed by atoms with Crippen molar-refractivity contribution in [3.8, 4) is 11.5 Å². The maximum Gasteiger partial charge on any atom is 0.186 e. The number of para-hydroxylation sites is 2.